The number of aromatic amines is 1. The summed E-state index contributed by atoms with van der Waals surface area (Å²) in [5.74, 6) is 0.0290. The van der Waals surface area contributed by atoms with Gasteiger partial charge in [0.25, 0.3) is 5.91 Å². The Bertz CT molecular complexity index is 880. The molecule has 2 aromatic rings. The zero-order valence-corrected chi connectivity index (χ0v) is 15.2. The zero-order valence-electron chi connectivity index (χ0n) is 15.2. The number of carbonyl (C=O) groups excluding carboxylic acids is 2. The Kier molecular flexibility index (Phi) is 4.43. The van der Waals surface area contributed by atoms with E-state index < -0.39 is 0 Å². The molecule has 1 aromatic heterocycles. The van der Waals surface area contributed by atoms with Crippen LogP contribution in [0.5, 0.6) is 0 Å². The highest BCUT2D eigenvalue weighted by Crippen LogP contribution is 2.25. The maximum absolute atomic E-state index is 13.1. The summed E-state index contributed by atoms with van der Waals surface area (Å²) in [4.78, 5) is 35.9. The third kappa shape index (κ3) is 3.21. The standard InChI is InChI=1S/C19H21FN4O3/c1-11-17(22-18(21-11)12-3-5-13(20)6-4-12)19(26)24-9-14-15(10-24)27-8-7-16(25)23(14)2/h3-6,14-15H,7-10H2,1-2H3,(H,21,22)/t14-,15-/m0/s1. The van der Waals surface area contributed by atoms with Gasteiger partial charge >= 0.3 is 0 Å². The SMILES string of the molecule is Cc1[nH]c(-c2ccc(F)cc2)nc1C(=O)N1C[C@@H]2OCCC(=O)N(C)[C@H]2C1. The van der Waals surface area contributed by atoms with E-state index in [0.29, 0.717) is 48.9 Å². The number of rotatable bonds is 2. The van der Waals surface area contributed by atoms with Gasteiger partial charge in [0.05, 0.1) is 25.2 Å². The second kappa shape index (κ2) is 6.77. The van der Waals surface area contributed by atoms with E-state index in [9.17, 15) is 14.0 Å². The number of nitrogens with zero attached hydrogens (tertiary/aromatic N) is 3. The van der Waals surface area contributed by atoms with Crippen molar-refractivity contribution in [3.8, 4) is 11.4 Å². The van der Waals surface area contributed by atoms with Crippen LogP contribution in [-0.2, 0) is 9.53 Å². The molecule has 4 rings (SSSR count). The highest BCUT2D eigenvalue weighted by atomic mass is 19.1. The first kappa shape index (κ1) is 17.7. The summed E-state index contributed by atoms with van der Waals surface area (Å²) in [5.41, 5.74) is 1.69. The molecule has 1 aromatic carbocycles. The fourth-order valence-corrected chi connectivity index (χ4v) is 3.68. The van der Waals surface area contributed by atoms with Crippen molar-refractivity contribution < 1.29 is 18.7 Å². The van der Waals surface area contributed by atoms with Gasteiger partial charge in [-0.3, -0.25) is 9.59 Å². The first-order chi connectivity index (χ1) is 12.9. The first-order valence-electron chi connectivity index (χ1n) is 8.93. The Balaban J connectivity index is 1.55. The number of H-pyrrole nitrogens is 1. The van der Waals surface area contributed by atoms with E-state index >= 15 is 0 Å². The largest absolute Gasteiger partial charge is 0.374 e. The summed E-state index contributed by atoms with van der Waals surface area (Å²) in [6.45, 7) is 3.01. The van der Waals surface area contributed by atoms with E-state index in [1.807, 2.05) is 0 Å². The molecule has 3 heterocycles. The van der Waals surface area contributed by atoms with Crippen LogP contribution in [0, 0.1) is 12.7 Å². The minimum atomic E-state index is -0.326. The van der Waals surface area contributed by atoms with E-state index in [-0.39, 0.29) is 29.8 Å². The van der Waals surface area contributed by atoms with Gasteiger partial charge in [0.1, 0.15) is 17.3 Å². The summed E-state index contributed by atoms with van der Waals surface area (Å²) < 4.78 is 18.9. The van der Waals surface area contributed by atoms with Crippen LogP contribution in [0.1, 0.15) is 22.6 Å². The molecule has 0 aliphatic carbocycles. The van der Waals surface area contributed by atoms with Crippen molar-refractivity contribution in [3.05, 3.63) is 41.5 Å². The van der Waals surface area contributed by atoms with Crippen LogP contribution in [0.25, 0.3) is 11.4 Å². The van der Waals surface area contributed by atoms with Gasteiger partial charge in [-0.2, -0.15) is 0 Å². The average molecular weight is 372 g/mol. The van der Waals surface area contributed by atoms with Gasteiger partial charge in [-0.05, 0) is 31.2 Å². The molecule has 1 N–H and O–H groups in total. The van der Waals surface area contributed by atoms with Gasteiger partial charge in [0, 0.05) is 31.4 Å². The zero-order chi connectivity index (χ0) is 19.1. The van der Waals surface area contributed by atoms with Crippen molar-refractivity contribution in [1.82, 2.24) is 19.8 Å². The number of likely N-dealkylation sites (N-methyl/N-ethyl adjacent to an activating group) is 1. The van der Waals surface area contributed by atoms with Crippen LogP contribution < -0.4 is 0 Å². The number of hydrogen-bond acceptors (Lipinski definition) is 4. The number of amides is 2. The van der Waals surface area contributed by atoms with Crippen LogP contribution in [-0.4, -0.2) is 70.5 Å². The van der Waals surface area contributed by atoms with Crippen molar-refractivity contribution in [2.24, 2.45) is 0 Å². The number of halogens is 1. The van der Waals surface area contributed by atoms with E-state index in [0.717, 1.165) is 0 Å². The van der Waals surface area contributed by atoms with Crippen molar-refractivity contribution in [2.45, 2.75) is 25.5 Å². The average Bonchev–Trinajstić information content (AvgIpc) is 3.22. The fourth-order valence-electron chi connectivity index (χ4n) is 3.68. The number of imidazole rings is 1. The highest BCUT2D eigenvalue weighted by molar-refractivity contribution is 5.94. The van der Waals surface area contributed by atoms with Gasteiger partial charge in [-0.15, -0.1) is 0 Å². The number of benzene rings is 1. The predicted octanol–water partition coefficient (Wildman–Crippen LogP) is 1.60. The molecule has 7 nitrogen and oxygen atoms in total. The molecule has 2 atom stereocenters. The third-order valence-corrected chi connectivity index (χ3v) is 5.27. The number of aromatic nitrogens is 2. The van der Waals surface area contributed by atoms with E-state index in [2.05, 4.69) is 9.97 Å². The topological polar surface area (TPSA) is 78.5 Å². The van der Waals surface area contributed by atoms with E-state index in [1.165, 1.54) is 12.1 Å². The Morgan fingerprint density at radius 3 is 2.78 bits per heavy atom. The molecule has 2 saturated heterocycles. The summed E-state index contributed by atoms with van der Waals surface area (Å²) in [7, 11) is 1.76. The minimum Gasteiger partial charge on any atom is -0.374 e. The van der Waals surface area contributed by atoms with Gasteiger partial charge in [-0.25, -0.2) is 9.37 Å². The molecule has 2 fully saturated rings. The molecule has 8 heteroatoms. The number of aryl methyl sites for hydroxylation is 1. The predicted molar refractivity (Wildman–Crippen MR) is 95.5 cm³/mol. The van der Waals surface area contributed by atoms with E-state index in [1.54, 1.807) is 35.9 Å². The second-order valence-electron chi connectivity index (χ2n) is 7.01. The Morgan fingerprint density at radius 2 is 2.04 bits per heavy atom. The molecule has 27 heavy (non-hydrogen) atoms. The Labute approximate surface area is 156 Å². The fraction of sp³-hybridized carbons (Fsp3) is 0.421. The number of carbonyl (C=O) groups is 2. The van der Waals surface area contributed by atoms with Crippen molar-refractivity contribution in [3.63, 3.8) is 0 Å². The number of likely N-dealkylation sites (tertiary alicyclic amines) is 1. The summed E-state index contributed by atoms with van der Waals surface area (Å²) in [5, 5.41) is 0. The van der Waals surface area contributed by atoms with Gasteiger partial charge < -0.3 is 19.5 Å². The molecule has 2 aliphatic rings. The lowest BCUT2D eigenvalue weighted by molar-refractivity contribution is -0.131. The van der Waals surface area contributed by atoms with Crippen LogP contribution >= 0.6 is 0 Å². The number of nitrogens with one attached hydrogen (secondary N) is 1. The minimum absolute atomic E-state index is 0.0337. The summed E-state index contributed by atoms with van der Waals surface area (Å²) in [6, 6.07) is 5.80. The Hall–Kier alpha value is -2.74. The molecule has 0 spiro atoms. The van der Waals surface area contributed by atoms with Crippen LogP contribution in [0.3, 0.4) is 0 Å². The second-order valence-corrected chi connectivity index (χ2v) is 7.01. The normalized spacial score (nSPS) is 22.7. The maximum Gasteiger partial charge on any atom is 0.274 e. The molecule has 0 radical (unpaired) electrons. The van der Waals surface area contributed by atoms with Crippen LogP contribution in [0.15, 0.2) is 24.3 Å². The van der Waals surface area contributed by atoms with Gasteiger partial charge in [0.2, 0.25) is 5.91 Å². The molecule has 0 saturated carbocycles. The lowest BCUT2D eigenvalue weighted by atomic mass is 10.2. The van der Waals surface area contributed by atoms with Crippen molar-refractivity contribution in [2.75, 3.05) is 26.7 Å². The summed E-state index contributed by atoms with van der Waals surface area (Å²) >= 11 is 0. The maximum atomic E-state index is 13.1. The lowest BCUT2D eigenvalue weighted by Crippen LogP contribution is -2.43. The molecule has 2 aliphatic heterocycles. The lowest BCUT2D eigenvalue weighted by Gasteiger charge is -2.24. The van der Waals surface area contributed by atoms with Crippen molar-refractivity contribution in [1.29, 1.82) is 0 Å². The number of hydrogen-bond donors (Lipinski definition) is 1. The highest BCUT2D eigenvalue weighted by Gasteiger charge is 2.42. The third-order valence-electron chi connectivity index (χ3n) is 5.27. The molecule has 142 valence electrons. The quantitative estimate of drug-likeness (QED) is 0.869. The monoisotopic (exact) mass is 372 g/mol. The van der Waals surface area contributed by atoms with Crippen molar-refractivity contribution >= 4 is 11.8 Å². The number of fused-ring (bicyclic) bond motifs is 1. The molecular formula is C19H21FN4O3. The Morgan fingerprint density at radius 1 is 1.30 bits per heavy atom. The summed E-state index contributed by atoms with van der Waals surface area (Å²) in [6.07, 6.45) is 0.193. The first-order valence-corrected chi connectivity index (χ1v) is 8.93. The molecule has 0 unspecified atom stereocenters. The van der Waals surface area contributed by atoms with Crippen LogP contribution in [0.4, 0.5) is 4.39 Å². The van der Waals surface area contributed by atoms with Gasteiger partial charge in [-0.1, -0.05) is 0 Å². The number of ether oxygens (including phenoxy) is 1. The van der Waals surface area contributed by atoms with Gasteiger partial charge in [0.15, 0.2) is 0 Å². The van der Waals surface area contributed by atoms with E-state index in [4.69, 9.17) is 4.74 Å². The molecule has 0 bridgehead atoms. The van der Waals surface area contributed by atoms with Crippen LogP contribution in [0.2, 0.25) is 0 Å². The smallest absolute Gasteiger partial charge is 0.274 e. The molecule has 2 amide bonds. The molecular weight excluding hydrogens is 351 g/mol.